The van der Waals surface area contributed by atoms with Gasteiger partial charge < -0.3 is 5.73 Å². The predicted octanol–water partition coefficient (Wildman–Crippen LogP) is 1.40. The highest BCUT2D eigenvalue weighted by molar-refractivity contribution is 14.1. The normalized spacial score (nSPS) is 20.9. The molecule has 1 heterocycles. The van der Waals surface area contributed by atoms with E-state index in [1.807, 2.05) is 19.0 Å². The van der Waals surface area contributed by atoms with Crippen molar-refractivity contribution >= 4 is 46.2 Å². The second kappa shape index (κ2) is 8.11. The van der Waals surface area contributed by atoms with Gasteiger partial charge in [-0.15, -0.1) is 11.8 Å². The lowest BCUT2D eigenvalue weighted by atomic mass is 10.1. The molecule has 1 amide bonds. The lowest BCUT2D eigenvalue weighted by Gasteiger charge is -2.32. The smallest absolute Gasteiger partial charge is 0.234 e. The lowest BCUT2D eigenvalue weighted by Crippen LogP contribution is -2.51. The minimum absolute atomic E-state index is 0.0403. The summed E-state index contributed by atoms with van der Waals surface area (Å²) in [5, 5.41) is 2.64. The summed E-state index contributed by atoms with van der Waals surface area (Å²) in [7, 11) is 3.94. The zero-order valence-corrected chi connectivity index (χ0v) is 14.3. The standard InChI is InChI=1S/C12H21IN4OS/c1-8(5-4-6-13)19-11(17(2)3)9-7-15-12(14)16-10(9)18/h9,11H,1,4-7H2,2-3H3,(H3,14,15,16,18). The Balaban J connectivity index is 2.67. The van der Waals surface area contributed by atoms with Gasteiger partial charge in [-0.3, -0.25) is 20.0 Å². The molecule has 0 fully saturated rings. The number of thioether (sulfide) groups is 1. The third-order valence-corrected chi connectivity index (χ3v) is 5.07. The molecule has 0 spiro atoms. The van der Waals surface area contributed by atoms with Crippen LogP contribution in [0.5, 0.6) is 0 Å². The third kappa shape index (κ3) is 5.31. The molecule has 0 aliphatic carbocycles. The minimum atomic E-state index is -0.191. The number of nitrogens with zero attached hydrogens (tertiary/aromatic N) is 2. The molecule has 0 saturated heterocycles. The van der Waals surface area contributed by atoms with Crippen LogP contribution in [-0.2, 0) is 4.79 Å². The van der Waals surface area contributed by atoms with E-state index in [-0.39, 0.29) is 23.2 Å². The first-order chi connectivity index (χ1) is 8.95. The van der Waals surface area contributed by atoms with Crippen LogP contribution >= 0.6 is 34.4 Å². The first-order valence-electron chi connectivity index (χ1n) is 6.13. The molecule has 0 bridgehead atoms. The summed E-state index contributed by atoms with van der Waals surface area (Å²) in [4.78, 5) is 19.3. The molecule has 0 aromatic rings. The Bertz CT molecular complexity index is 373. The van der Waals surface area contributed by atoms with Crippen molar-refractivity contribution in [1.82, 2.24) is 10.2 Å². The summed E-state index contributed by atoms with van der Waals surface area (Å²) >= 11 is 4.02. The van der Waals surface area contributed by atoms with Crippen molar-refractivity contribution in [2.45, 2.75) is 18.2 Å². The van der Waals surface area contributed by atoms with Gasteiger partial charge in [-0.25, -0.2) is 0 Å². The highest BCUT2D eigenvalue weighted by atomic mass is 127. The third-order valence-electron chi connectivity index (χ3n) is 2.78. The van der Waals surface area contributed by atoms with E-state index in [2.05, 4.69) is 39.5 Å². The van der Waals surface area contributed by atoms with Crippen LogP contribution in [0.15, 0.2) is 16.5 Å². The highest BCUT2D eigenvalue weighted by Gasteiger charge is 2.33. The zero-order valence-electron chi connectivity index (χ0n) is 11.4. The topological polar surface area (TPSA) is 70.7 Å². The molecule has 3 N–H and O–H groups in total. The fourth-order valence-corrected chi connectivity index (χ4v) is 3.37. The number of allylic oxidation sites excluding steroid dienone is 1. The highest BCUT2D eigenvalue weighted by Crippen LogP contribution is 2.31. The summed E-state index contributed by atoms with van der Waals surface area (Å²) in [5.74, 6) is -0.0310. The van der Waals surface area contributed by atoms with Crippen LogP contribution in [0.4, 0.5) is 0 Å². The number of carbonyl (C=O) groups is 1. The predicted molar refractivity (Wildman–Crippen MR) is 90.4 cm³/mol. The van der Waals surface area contributed by atoms with Gasteiger partial charge in [0.15, 0.2) is 5.96 Å². The molecule has 0 aromatic heterocycles. The maximum absolute atomic E-state index is 12.0. The Hall–Kier alpha value is -0.280. The Morgan fingerprint density at radius 1 is 1.74 bits per heavy atom. The fraction of sp³-hybridized carbons (Fsp3) is 0.667. The summed E-state index contributed by atoms with van der Waals surface area (Å²) in [6, 6.07) is 0. The lowest BCUT2D eigenvalue weighted by molar-refractivity contribution is -0.124. The first kappa shape index (κ1) is 16.8. The van der Waals surface area contributed by atoms with Gasteiger partial charge in [0, 0.05) is 0 Å². The van der Waals surface area contributed by atoms with Gasteiger partial charge in [-0.05, 0) is 36.3 Å². The number of aliphatic imine (C=N–C) groups is 1. The molecule has 5 nitrogen and oxygen atoms in total. The van der Waals surface area contributed by atoms with Crippen molar-refractivity contribution in [1.29, 1.82) is 0 Å². The van der Waals surface area contributed by atoms with E-state index >= 15 is 0 Å². The molecular weight excluding hydrogens is 375 g/mol. The molecule has 0 radical (unpaired) electrons. The van der Waals surface area contributed by atoms with Gasteiger partial charge in [-0.1, -0.05) is 29.2 Å². The average molecular weight is 396 g/mol. The van der Waals surface area contributed by atoms with Crippen LogP contribution in [0.1, 0.15) is 12.8 Å². The number of carbonyl (C=O) groups excluding carboxylic acids is 1. The number of halogens is 1. The second-order valence-electron chi connectivity index (χ2n) is 4.62. The van der Waals surface area contributed by atoms with Crippen molar-refractivity contribution in [3.8, 4) is 0 Å². The van der Waals surface area contributed by atoms with Crippen molar-refractivity contribution in [3.63, 3.8) is 0 Å². The van der Waals surface area contributed by atoms with Crippen molar-refractivity contribution in [2.75, 3.05) is 25.1 Å². The largest absolute Gasteiger partial charge is 0.370 e. The quantitative estimate of drug-likeness (QED) is 0.388. The monoisotopic (exact) mass is 396 g/mol. The Morgan fingerprint density at radius 3 is 2.95 bits per heavy atom. The Morgan fingerprint density at radius 2 is 2.42 bits per heavy atom. The van der Waals surface area contributed by atoms with Crippen LogP contribution in [-0.4, -0.2) is 47.2 Å². The number of nitrogens with one attached hydrogen (secondary N) is 1. The number of alkyl halides is 1. The number of guanidine groups is 1. The van der Waals surface area contributed by atoms with E-state index < -0.39 is 0 Å². The molecule has 1 rings (SSSR count). The number of rotatable bonds is 7. The fourth-order valence-electron chi connectivity index (χ4n) is 1.80. The maximum Gasteiger partial charge on any atom is 0.234 e. The molecule has 19 heavy (non-hydrogen) atoms. The summed E-state index contributed by atoms with van der Waals surface area (Å²) < 4.78 is 1.12. The Labute approximate surface area is 132 Å². The number of hydrogen-bond donors (Lipinski definition) is 2. The SMILES string of the molecule is C=C(CCCI)SC(C1CN=C(N)NC1=O)N(C)C. The minimum Gasteiger partial charge on any atom is -0.370 e. The summed E-state index contributed by atoms with van der Waals surface area (Å²) in [6.07, 6.45) is 2.10. The van der Waals surface area contributed by atoms with E-state index in [9.17, 15) is 4.79 Å². The van der Waals surface area contributed by atoms with E-state index in [4.69, 9.17) is 5.73 Å². The van der Waals surface area contributed by atoms with Crippen LogP contribution < -0.4 is 11.1 Å². The van der Waals surface area contributed by atoms with Crippen LogP contribution in [0, 0.1) is 5.92 Å². The molecule has 0 saturated carbocycles. The summed E-state index contributed by atoms with van der Waals surface area (Å²) in [6.45, 7) is 4.53. The van der Waals surface area contributed by atoms with Gasteiger partial charge in [0.2, 0.25) is 5.91 Å². The van der Waals surface area contributed by atoms with Crippen molar-refractivity contribution in [2.24, 2.45) is 16.6 Å². The van der Waals surface area contributed by atoms with E-state index in [1.165, 1.54) is 0 Å². The van der Waals surface area contributed by atoms with Gasteiger partial charge in [0.05, 0.1) is 17.8 Å². The number of hydrogen-bond acceptors (Lipinski definition) is 5. The molecule has 1 aliphatic heterocycles. The maximum atomic E-state index is 12.0. The first-order valence-corrected chi connectivity index (χ1v) is 8.53. The van der Waals surface area contributed by atoms with Gasteiger partial charge in [0.25, 0.3) is 0 Å². The van der Waals surface area contributed by atoms with Crippen LogP contribution in [0.3, 0.4) is 0 Å². The van der Waals surface area contributed by atoms with E-state index in [0.29, 0.717) is 6.54 Å². The van der Waals surface area contributed by atoms with Crippen molar-refractivity contribution < 1.29 is 4.79 Å². The molecule has 2 unspecified atom stereocenters. The number of nitrogens with two attached hydrogens (primary N) is 1. The average Bonchev–Trinajstić information content (AvgIpc) is 2.34. The zero-order chi connectivity index (χ0) is 14.4. The molecular formula is C12H21IN4OS. The molecule has 7 heteroatoms. The van der Waals surface area contributed by atoms with Gasteiger partial charge >= 0.3 is 0 Å². The Kier molecular flexibility index (Phi) is 7.16. The van der Waals surface area contributed by atoms with Gasteiger partial charge in [-0.2, -0.15) is 0 Å². The second-order valence-corrected chi connectivity index (χ2v) is 7.00. The summed E-state index contributed by atoms with van der Waals surface area (Å²) in [5.41, 5.74) is 5.51. The van der Waals surface area contributed by atoms with Gasteiger partial charge in [0.1, 0.15) is 0 Å². The van der Waals surface area contributed by atoms with Crippen molar-refractivity contribution in [3.05, 3.63) is 11.5 Å². The molecule has 108 valence electrons. The van der Waals surface area contributed by atoms with Crippen LogP contribution in [0.2, 0.25) is 0 Å². The molecule has 0 aromatic carbocycles. The molecule has 2 atom stereocenters. The number of amides is 1. The molecule has 1 aliphatic rings. The van der Waals surface area contributed by atoms with E-state index in [1.54, 1.807) is 11.8 Å². The van der Waals surface area contributed by atoms with Crippen LogP contribution in [0.25, 0.3) is 0 Å². The van der Waals surface area contributed by atoms with E-state index in [0.717, 1.165) is 22.2 Å².